The van der Waals surface area contributed by atoms with E-state index in [1.807, 2.05) is 29.3 Å². The van der Waals surface area contributed by atoms with Gasteiger partial charge in [-0.3, -0.25) is 14.7 Å². The molecule has 5 rings (SSSR count). The van der Waals surface area contributed by atoms with Gasteiger partial charge in [0.2, 0.25) is 0 Å². The average molecular weight is 530 g/mol. The van der Waals surface area contributed by atoms with Crippen molar-refractivity contribution in [2.75, 3.05) is 50.7 Å². The first kappa shape index (κ1) is 25.3. The normalized spacial score (nSPS) is 21.8. The number of nitrogens with one attached hydrogen (secondary N) is 1. The summed E-state index contributed by atoms with van der Waals surface area (Å²) in [7, 11) is 0. The maximum Gasteiger partial charge on any atom is 0.253 e. The number of hydrogen-bond donors (Lipinski definition) is 1. The molecule has 1 N–H and O–H groups in total. The van der Waals surface area contributed by atoms with Crippen LogP contribution in [0, 0.1) is 0 Å². The third-order valence-corrected chi connectivity index (χ3v) is 8.13. The first-order chi connectivity index (χ1) is 17.5. The molecule has 1 aromatic carbocycles. The highest BCUT2D eigenvalue weighted by atomic mass is 35.5. The molecule has 2 fully saturated rings. The molecule has 2 aromatic rings. The predicted octanol–water partition coefficient (Wildman–Crippen LogP) is 4.33. The van der Waals surface area contributed by atoms with Crippen LogP contribution < -0.4 is 10.2 Å². The van der Waals surface area contributed by atoms with Crippen molar-refractivity contribution in [1.29, 1.82) is 0 Å². The van der Waals surface area contributed by atoms with Gasteiger partial charge in [0.25, 0.3) is 5.91 Å². The van der Waals surface area contributed by atoms with Crippen LogP contribution in [-0.4, -0.2) is 84.4 Å². The Kier molecular flexibility index (Phi) is 7.99. The monoisotopic (exact) mass is 528 g/mol. The molecule has 1 amide bonds. The molecule has 192 valence electrons. The summed E-state index contributed by atoms with van der Waals surface area (Å²) in [6.07, 6.45) is 6.01. The number of piperidine rings is 1. The summed E-state index contributed by atoms with van der Waals surface area (Å²) in [5.74, 6) is 1.85. The largest absolute Gasteiger partial charge is 0.370 e. The summed E-state index contributed by atoms with van der Waals surface area (Å²) in [5, 5.41) is 4.67. The number of piperazine rings is 1. The third-order valence-electron chi connectivity index (χ3n) is 7.60. The van der Waals surface area contributed by atoms with Gasteiger partial charge < -0.3 is 15.1 Å². The minimum absolute atomic E-state index is 0.0977. The van der Waals surface area contributed by atoms with E-state index in [1.54, 1.807) is 12.1 Å². The molecule has 2 saturated heterocycles. The lowest BCUT2D eigenvalue weighted by molar-refractivity contribution is 0.0491. The van der Waals surface area contributed by atoms with Gasteiger partial charge in [0.15, 0.2) is 0 Å². The van der Waals surface area contributed by atoms with Crippen LogP contribution in [0.4, 0.5) is 5.82 Å². The average Bonchev–Trinajstić information content (AvgIpc) is 2.93. The maximum atomic E-state index is 12.9. The molecule has 0 aliphatic carbocycles. The Morgan fingerprint density at radius 1 is 1.11 bits per heavy atom. The zero-order valence-corrected chi connectivity index (χ0v) is 22.3. The second-order valence-electron chi connectivity index (χ2n) is 9.82. The zero-order chi connectivity index (χ0) is 25.1. The van der Waals surface area contributed by atoms with Crippen LogP contribution in [0.3, 0.4) is 0 Å². The highest BCUT2D eigenvalue weighted by Gasteiger charge is 2.35. The van der Waals surface area contributed by atoms with Crippen molar-refractivity contribution in [3.8, 4) is 0 Å². The van der Waals surface area contributed by atoms with Gasteiger partial charge in [-0.25, -0.2) is 4.98 Å². The van der Waals surface area contributed by atoms with Crippen LogP contribution in [0.15, 0.2) is 41.5 Å². The number of carbonyl (C=O) groups excluding carboxylic acids is 1. The second-order valence-corrected chi connectivity index (χ2v) is 10.7. The van der Waals surface area contributed by atoms with E-state index in [9.17, 15) is 4.79 Å². The summed E-state index contributed by atoms with van der Waals surface area (Å²) in [6, 6.07) is 10.1. The van der Waals surface area contributed by atoms with Crippen molar-refractivity contribution in [2.45, 2.75) is 44.7 Å². The van der Waals surface area contributed by atoms with Crippen molar-refractivity contribution in [1.82, 2.24) is 20.1 Å². The van der Waals surface area contributed by atoms with E-state index in [2.05, 4.69) is 27.0 Å². The topological polar surface area (TPSA) is 64.1 Å². The number of likely N-dealkylation sites (tertiary alicyclic amines) is 1. The van der Waals surface area contributed by atoms with Gasteiger partial charge in [0.1, 0.15) is 11.7 Å². The highest BCUT2D eigenvalue weighted by molar-refractivity contribution is 6.33. The van der Waals surface area contributed by atoms with Crippen LogP contribution in [0.1, 0.15) is 48.5 Å². The number of hydrogen-bond acceptors (Lipinski definition) is 6. The van der Waals surface area contributed by atoms with Crippen molar-refractivity contribution < 1.29 is 4.79 Å². The summed E-state index contributed by atoms with van der Waals surface area (Å²) in [4.78, 5) is 29.2. The van der Waals surface area contributed by atoms with E-state index >= 15 is 0 Å². The Bertz CT molecular complexity index is 1100. The molecule has 0 radical (unpaired) electrons. The fraction of sp³-hybridized carbons (Fsp3) is 0.519. The number of nitrogens with zero attached hydrogens (tertiary/aromatic N) is 5. The lowest BCUT2D eigenvalue weighted by Gasteiger charge is -2.47. The molecule has 9 heteroatoms. The van der Waals surface area contributed by atoms with Gasteiger partial charge in [-0.1, -0.05) is 30.1 Å². The van der Waals surface area contributed by atoms with Crippen LogP contribution in [-0.2, 0) is 0 Å². The van der Waals surface area contributed by atoms with E-state index in [1.165, 1.54) is 0 Å². The molecular formula is C27H34Cl2N6O. The van der Waals surface area contributed by atoms with E-state index in [4.69, 9.17) is 28.2 Å². The maximum absolute atomic E-state index is 12.9. The van der Waals surface area contributed by atoms with E-state index < -0.39 is 0 Å². The summed E-state index contributed by atoms with van der Waals surface area (Å²) in [5.41, 5.74) is 1.66. The van der Waals surface area contributed by atoms with Crippen LogP contribution in [0.2, 0.25) is 10.0 Å². The summed E-state index contributed by atoms with van der Waals surface area (Å²) >= 11 is 12.7. The van der Waals surface area contributed by atoms with Crippen molar-refractivity contribution >= 4 is 40.8 Å². The first-order valence-corrected chi connectivity index (χ1v) is 13.8. The molecular weight excluding hydrogens is 495 g/mol. The second kappa shape index (κ2) is 11.4. The van der Waals surface area contributed by atoms with E-state index in [-0.39, 0.29) is 5.91 Å². The number of carbonyl (C=O) groups is 1. The Labute approximate surface area is 223 Å². The van der Waals surface area contributed by atoms with Crippen LogP contribution in [0.25, 0.3) is 0 Å². The number of pyridine rings is 1. The number of anilines is 1. The van der Waals surface area contributed by atoms with Gasteiger partial charge in [0, 0.05) is 80.2 Å². The van der Waals surface area contributed by atoms with E-state index in [0.717, 1.165) is 88.7 Å². The number of rotatable bonds is 5. The van der Waals surface area contributed by atoms with Crippen molar-refractivity contribution in [3.63, 3.8) is 0 Å². The first-order valence-electron chi connectivity index (χ1n) is 13.0. The van der Waals surface area contributed by atoms with Gasteiger partial charge in [0.05, 0.1) is 5.02 Å². The lowest BCUT2D eigenvalue weighted by Crippen LogP contribution is -2.58. The molecule has 0 spiro atoms. The quantitative estimate of drug-likeness (QED) is 0.625. The van der Waals surface area contributed by atoms with E-state index in [0.29, 0.717) is 27.7 Å². The summed E-state index contributed by atoms with van der Waals surface area (Å²) in [6.45, 7) is 8.39. The number of aliphatic imine (C=N–C) groups is 1. The van der Waals surface area contributed by atoms with Crippen molar-refractivity contribution in [3.05, 3.63) is 57.7 Å². The minimum Gasteiger partial charge on any atom is -0.370 e. The Balaban J connectivity index is 1.19. The molecule has 7 nitrogen and oxygen atoms in total. The van der Waals surface area contributed by atoms with Gasteiger partial charge in [-0.15, -0.1) is 0 Å². The lowest BCUT2D eigenvalue weighted by atomic mass is 9.97. The van der Waals surface area contributed by atoms with Crippen LogP contribution >= 0.6 is 23.2 Å². The molecule has 0 bridgehead atoms. The Morgan fingerprint density at radius 3 is 2.56 bits per heavy atom. The van der Waals surface area contributed by atoms with Gasteiger partial charge >= 0.3 is 0 Å². The number of benzene rings is 1. The molecule has 1 atom stereocenters. The number of amides is 1. The smallest absolute Gasteiger partial charge is 0.253 e. The number of amidine groups is 1. The molecule has 0 unspecified atom stereocenters. The molecule has 3 aliphatic rings. The Morgan fingerprint density at radius 2 is 1.89 bits per heavy atom. The third kappa shape index (κ3) is 5.48. The Hall–Kier alpha value is -2.35. The molecule has 3 aliphatic heterocycles. The number of halogens is 2. The molecule has 0 saturated carbocycles. The standard InChI is InChI=1S/C27H34Cl2N6O/c1-2-22-18-34(26-24(29)16-20(17-32-26)25-30-10-3-11-31-25)14-15-35(22)23-8-12-33(13-9-23)27(36)19-4-6-21(28)7-5-19/h4-7,16-17,22-23H,2-3,8-15,18H2,1H3,(H,30,31)/t22-/m0/s1. The van der Waals surface area contributed by atoms with Gasteiger partial charge in [-0.2, -0.15) is 0 Å². The molecule has 36 heavy (non-hydrogen) atoms. The minimum atomic E-state index is 0.0977. The molecule has 4 heterocycles. The fourth-order valence-corrected chi connectivity index (χ4v) is 6.01. The van der Waals surface area contributed by atoms with Crippen molar-refractivity contribution in [2.24, 2.45) is 4.99 Å². The molecule has 1 aromatic heterocycles. The fourth-order valence-electron chi connectivity index (χ4n) is 5.60. The summed E-state index contributed by atoms with van der Waals surface area (Å²) < 4.78 is 0. The highest BCUT2D eigenvalue weighted by Crippen LogP contribution is 2.30. The number of aromatic nitrogens is 1. The zero-order valence-electron chi connectivity index (χ0n) is 20.8. The predicted molar refractivity (Wildman–Crippen MR) is 147 cm³/mol. The van der Waals surface area contributed by atoms with Gasteiger partial charge in [-0.05, 0) is 56.0 Å². The van der Waals surface area contributed by atoms with Crippen LogP contribution in [0.5, 0.6) is 0 Å². The SMILES string of the molecule is CC[C@H]1CN(c2ncc(C3=NCCCN3)cc2Cl)CCN1C1CCN(C(=O)c2ccc(Cl)cc2)CC1.